The van der Waals surface area contributed by atoms with Crippen LogP contribution in [0.3, 0.4) is 0 Å². The van der Waals surface area contributed by atoms with Crippen molar-refractivity contribution in [1.29, 1.82) is 0 Å². The van der Waals surface area contributed by atoms with Crippen LogP contribution in [0.25, 0.3) is 21.8 Å². The largest absolute Gasteiger partial charge is 0.396 e. The van der Waals surface area contributed by atoms with Gasteiger partial charge in [0, 0.05) is 72.5 Å². The fraction of sp³-hybridized carbons (Fsp3) is 0.542. The number of nitrogens with zero attached hydrogens (tertiary/aromatic N) is 3. The van der Waals surface area contributed by atoms with E-state index >= 15 is 0 Å². The van der Waals surface area contributed by atoms with E-state index < -0.39 is 27.8 Å². The van der Waals surface area contributed by atoms with E-state index in [1.54, 1.807) is 0 Å². The number of carbonyl (C=O) groups excluding carboxylic acids is 1. The molecular weight excluding hydrogens is 454 g/mol. The highest BCUT2D eigenvalue weighted by Crippen LogP contribution is 2.40. The van der Waals surface area contributed by atoms with E-state index in [9.17, 15) is 18.3 Å². The molecule has 1 amide bonds. The smallest absolute Gasteiger partial charge is 0.220 e. The summed E-state index contributed by atoms with van der Waals surface area (Å²) < 4.78 is 27.7. The molecule has 182 valence electrons. The van der Waals surface area contributed by atoms with Crippen LogP contribution >= 0.6 is 0 Å². The fourth-order valence-electron chi connectivity index (χ4n) is 5.87. The molecular formula is C24H31N5O4S. The van der Waals surface area contributed by atoms with Gasteiger partial charge in [-0.25, -0.2) is 17.7 Å². The van der Waals surface area contributed by atoms with Gasteiger partial charge < -0.3 is 15.8 Å². The van der Waals surface area contributed by atoms with Gasteiger partial charge in [0.25, 0.3) is 0 Å². The zero-order valence-corrected chi connectivity index (χ0v) is 19.9. The molecule has 0 radical (unpaired) electrons. The summed E-state index contributed by atoms with van der Waals surface area (Å²) in [4.78, 5) is 23.7. The Morgan fingerprint density at radius 1 is 1.18 bits per heavy atom. The van der Waals surface area contributed by atoms with E-state index in [4.69, 9.17) is 5.73 Å². The molecule has 2 aliphatic rings. The highest BCUT2D eigenvalue weighted by Gasteiger charge is 2.38. The summed E-state index contributed by atoms with van der Waals surface area (Å²) in [5.74, 6) is -0.831. The number of nitrogens with one attached hydrogen (secondary N) is 1. The molecule has 2 fully saturated rings. The van der Waals surface area contributed by atoms with Crippen molar-refractivity contribution in [3.63, 3.8) is 0 Å². The first kappa shape index (κ1) is 23.2. The normalized spacial score (nSPS) is 26.7. The Bertz CT molecular complexity index is 1300. The van der Waals surface area contributed by atoms with Crippen LogP contribution in [0.5, 0.6) is 0 Å². The highest BCUT2D eigenvalue weighted by atomic mass is 32.2. The molecule has 2 unspecified atom stereocenters. The van der Waals surface area contributed by atoms with Gasteiger partial charge in [0.05, 0.1) is 5.75 Å². The summed E-state index contributed by atoms with van der Waals surface area (Å²) in [6.45, 7) is 0.196. The van der Waals surface area contributed by atoms with Gasteiger partial charge in [0.2, 0.25) is 15.9 Å². The summed E-state index contributed by atoms with van der Waals surface area (Å²) in [6.07, 6.45) is 11.4. The maximum Gasteiger partial charge on any atom is 0.220 e. The fourth-order valence-corrected chi connectivity index (χ4v) is 7.81. The van der Waals surface area contributed by atoms with Crippen molar-refractivity contribution >= 4 is 37.7 Å². The minimum Gasteiger partial charge on any atom is -0.396 e. The van der Waals surface area contributed by atoms with Gasteiger partial charge in [-0.05, 0) is 55.6 Å². The Hall–Kier alpha value is -2.56. The third kappa shape index (κ3) is 4.30. The van der Waals surface area contributed by atoms with Crippen molar-refractivity contribution in [3.8, 4) is 0 Å². The number of primary amides is 1. The average Bonchev–Trinajstić information content (AvgIpc) is 3.33. The first-order valence-electron chi connectivity index (χ1n) is 11.9. The summed E-state index contributed by atoms with van der Waals surface area (Å²) in [6, 6.07) is 2.05. The molecule has 0 aromatic carbocycles. The number of nitrogens with two attached hydrogens (primary N) is 1. The van der Waals surface area contributed by atoms with Gasteiger partial charge in [-0.3, -0.25) is 9.78 Å². The monoisotopic (exact) mass is 485 g/mol. The molecule has 4 N–H and O–H groups in total. The molecule has 9 nitrogen and oxygen atoms in total. The number of rotatable bonds is 6. The Morgan fingerprint density at radius 3 is 2.71 bits per heavy atom. The third-order valence-electron chi connectivity index (χ3n) is 7.75. The topological polar surface area (TPSA) is 142 Å². The molecule has 2 atom stereocenters. The quantitative estimate of drug-likeness (QED) is 0.488. The molecule has 0 bridgehead atoms. The second kappa shape index (κ2) is 9.24. The van der Waals surface area contributed by atoms with E-state index in [-0.39, 0.29) is 31.4 Å². The molecule has 1 saturated carbocycles. The molecule has 3 aromatic heterocycles. The minimum atomic E-state index is -3.47. The number of aromatic amines is 1. The van der Waals surface area contributed by atoms with E-state index in [1.165, 1.54) is 15.3 Å². The maximum atomic E-state index is 13.1. The van der Waals surface area contributed by atoms with E-state index in [0.717, 1.165) is 42.1 Å². The van der Waals surface area contributed by atoms with Crippen LogP contribution in [0.2, 0.25) is 0 Å². The molecule has 1 saturated heterocycles. The van der Waals surface area contributed by atoms with Gasteiger partial charge in [0.15, 0.2) is 0 Å². The van der Waals surface area contributed by atoms with Gasteiger partial charge in [-0.1, -0.05) is 0 Å². The molecule has 34 heavy (non-hydrogen) atoms. The number of piperidine rings is 1. The number of aliphatic hydroxyl groups is 1. The van der Waals surface area contributed by atoms with Crippen molar-refractivity contribution in [2.45, 2.75) is 38.0 Å². The SMILES string of the molecule is NC(=O)C1CCN(S(=O)(=O)CC2CCC(c3cncc4cnc5[nH]ccc5c34)CC2)CC1CO. The predicted octanol–water partition coefficient (Wildman–Crippen LogP) is 2.13. The van der Waals surface area contributed by atoms with Gasteiger partial charge in [0.1, 0.15) is 5.65 Å². The Labute approximate surface area is 198 Å². The average molecular weight is 486 g/mol. The molecule has 4 heterocycles. The summed E-state index contributed by atoms with van der Waals surface area (Å²) >= 11 is 0. The standard InChI is InChI=1S/C24H31N5O4S/c25-23(31)19-6-8-29(12-18(19)13-30)34(32,33)14-15-1-3-16(4-2-15)21-11-26-9-17-10-28-24-20(22(17)21)5-7-27-24/h5,7,9-11,15-16,18-19,30H,1-4,6,8,12-14H2,(H2,25,31)(H,27,28). The highest BCUT2D eigenvalue weighted by molar-refractivity contribution is 7.89. The van der Waals surface area contributed by atoms with Crippen molar-refractivity contribution in [3.05, 3.63) is 36.4 Å². The molecule has 1 aliphatic heterocycles. The Kier molecular flexibility index (Phi) is 6.30. The number of fused-ring (bicyclic) bond motifs is 3. The molecule has 5 rings (SSSR count). The number of hydrogen-bond acceptors (Lipinski definition) is 6. The lowest BCUT2D eigenvalue weighted by Crippen LogP contribution is -2.49. The van der Waals surface area contributed by atoms with Crippen molar-refractivity contribution in [2.24, 2.45) is 23.5 Å². The van der Waals surface area contributed by atoms with Crippen molar-refractivity contribution in [2.75, 3.05) is 25.4 Å². The minimum absolute atomic E-state index is 0.0968. The van der Waals surface area contributed by atoms with E-state index in [1.807, 2.05) is 30.9 Å². The summed E-state index contributed by atoms with van der Waals surface area (Å²) in [7, 11) is -3.47. The number of H-pyrrole nitrogens is 1. The molecule has 3 aromatic rings. The first-order valence-corrected chi connectivity index (χ1v) is 13.6. The number of aliphatic hydroxyl groups excluding tert-OH is 1. The predicted molar refractivity (Wildman–Crippen MR) is 129 cm³/mol. The van der Waals surface area contributed by atoms with Gasteiger partial charge >= 0.3 is 0 Å². The maximum absolute atomic E-state index is 13.1. The van der Waals surface area contributed by atoms with Crippen LogP contribution in [0.4, 0.5) is 0 Å². The Balaban J connectivity index is 1.26. The summed E-state index contributed by atoms with van der Waals surface area (Å²) in [5, 5.41) is 12.9. The number of hydrogen-bond donors (Lipinski definition) is 3. The Morgan fingerprint density at radius 2 is 1.97 bits per heavy atom. The van der Waals surface area contributed by atoms with Gasteiger partial charge in [-0.15, -0.1) is 0 Å². The summed E-state index contributed by atoms with van der Waals surface area (Å²) in [5.41, 5.74) is 7.50. The van der Waals surface area contributed by atoms with Gasteiger partial charge in [-0.2, -0.15) is 0 Å². The second-order valence-corrected chi connectivity index (χ2v) is 11.8. The van der Waals surface area contributed by atoms with Crippen molar-refractivity contribution < 1.29 is 18.3 Å². The number of sulfonamides is 1. The van der Waals surface area contributed by atoms with Crippen molar-refractivity contribution in [1.82, 2.24) is 19.3 Å². The number of pyridine rings is 2. The van der Waals surface area contributed by atoms with Crippen LogP contribution in [0.1, 0.15) is 43.6 Å². The second-order valence-electron chi connectivity index (χ2n) is 9.79. The zero-order chi connectivity index (χ0) is 23.9. The van der Waals surface area contributed by atoms with Crippen LogP contribution in [0.15, 0.2) is 30.9 Å². The van der Waals surface area contributed by atoms with Crippen LogP contribution < -0.4 is 5.73 Å². The lowest BCUT2D eigenvalue weighted by molar-refractivity contribution is -0.125. The van der Waals surface area contributed by atoms with Crippen LogP contribution in [0, 0.1) is 17.8 Å². The zero-order valence-electron chi connectivity index (χ0n) is 19.1. The number of amides is 1. The van der Waals surface area contributed by atoms with E-state index in [0.29, 0.717) is 12.3 Å². The van der Waals surface area contributed by atoms with E-state index in [2.05, 4.69) is 15.0 Å². The molecule has 1 aliphatic carbocycles. The number of aromatic nitrogens is 3. The molecule has 0 spiro atoms. The van der Waals surface area contributed by atoms with Crippen LogP contribution in [-0.4, -0.2) is 64.1 Å². The molecule has 10 heteroatoms. The third-order valence-corrected chi connectivity index (χ3v) is 9.77. The number of carbonyl (C=O) groups is 1. The van der Waals surface area contributed by atoms with Crippen LogP contribution in [-0.2, 0) is 14.8 Å². The lowest BCUT2D eigenvalue weighted by Gasteiger charge is -2.37. The first-order chi connectivity index (χ1) is 16.4. The lowest BCUT2D eigenvalue weighted by atomic mass is 9.78.